The SMILES string of the molecule is CNC1CCN(c2cnc(C)nc2)C1. The molecule has 0 radical (unpaired) electrons. The fraction of sp³-hybridized carbons (Fsp3) is 0.600. The van der Waals surface area contributed by atoms with Crippen LogP contribution in [-0.4, -0.2) is 36.1 Å². The average molecular weight is 192 g/mol. The molecule has 1 unspecified atom stereocenters. The summed E-state index contributed by atoms with van der Waals surface area (Å²) in [4.78, 5) is 10.7. The van der Waals surface area contributed by atoms with Gasteiger partial charge >= 0.3 is 0 Å². The fourth-order valence-corrected chi connectivity index (χ4v) is 1.78. The van der Waals surface area contributed by atoms with Crippen molar-refractivity contribution in [2.45, 2.75) is 19.4 Å². The van der Waals surface area contributed by atoms with E-state index in [0.29, 0.717) is 6.04 Å². The molecule has 2 heterocycles. The van der Waals surface area contributed by atoms with Crippen molar-refractivity contribution in [3.05, 3.63) is 18.2 Å². The Labute approximate surface area is 84.4 Å². The fourth-order valence-electron chi connectivity index (χ4n) is 1.78. The Balaban J connectivity index is 2.06. The molecule has 1 N–H and O–H groups in total. The summed E-state index contributed by atoms with van der Waals surface area (Å²) in [5.74, 6) is 0.832. The summed E-state index contributed by atoms with van der Waals surface area (Å²) < 4.78 is 0. The van der Waals surface area contributed by atoms with E-state index in [9.17, 15) is 0 Å². The lowest BCUT2D eigenvalue weighted by Gasteiger charge is -2.17. The van der Waals surface area contributed by atoms with Crippen LogP contribution in [0.15, 0.2) is 12.4 Å². The van der Waals surface area contributed by atoms with E-state index in [1.165, 1.54) is 6.42 Å². The van der Waals surface area contributed by atoms with E-state index in [1.807, 2.05) is 26.4 Å². The van der Waals surface area contributed by atoms with Gasteiger partial charge in [0.15, 0.2) is 0 Å². The summed E-state index contributed by atoms with van der Waals surface area (Å²) in [6.45, 7) is 4.06. The largest absolute Gasteiger partial charge is 0.367 e. The van der Waals surface area contributed by atoms with Crippen LogP contribution in [-0.2, 0) is 0 Å². The molecular weight excluding hydrogens is 176 g/mol. The molecule has 76 valence electrons. The first-order valence-electron chi connectivity index (χ1n) is 5.00. The molecule has 4 heteroatoms. The summed E-state index contributed by atoms with van der Waals surface area (Å²) in [6.07, 6.45) is 5.01. The lowest BCUT2D eigenvalue weighted by Crippen LogP contribution is -2.29. The molecule has 1 atom stereocenters. The van der Waals surface area contributed by atoms with Crippen LogP contribution in [0.1, 0.15) is 12.2 Å². The van der Waals surface area contributed by atoms with Gasteiger partial charge in [0.25, 0.3) is 0 Å². The Morgan fingerprint density at radius 2 is 2.14 bits per heavy atom. The molecule has 0 saturated carbocycles. The molecular formula is C10H16N4. The number of aromatic nitrogens is 2. The van der Waals surface area contributed by atoms with Gasteiger partial charge in [0.05, 0.1) is 18.1 Å². The third-order valence-electron chi connectivity index (χ3n) is 2.73. The monoisotopic (exact) mass is 192 g/mol. The van der Waals surface area contributed by atoms with E-state index in [4.69, 9.17) is 0 Å². The van der Waals surface area contributed by atoms with Gasteiger partial charge < -0.3 is 10.2 Å². The van der Waals surface area contributed by atoms with Crippen LogP contribution >= 0.6 is 0 Å². The number of likely N-dealkylation sites (N-methyl/N-ethyl adjacent to an activating group) is 1. The van der Waals surface area contributed by atoms with Crippen LogP contribution in [0.4, 0.5) is 5.69 Å². The summed E-state index contributed by atoms with van der Waals surface area (Å²) in [6, 6.07) is 0.608. The molecule has 1 aliphatic rings. The van der Waals surface area contributed by atoms with Gasteiger partial charge in [0.1, 0.15) is 5.82 Å². The number of hydrogen-bond donors (Lipinski definition) is 1. The van der Waals surface area contributed by atoms with E-state index in [1.54, 1.807) is 0 Å². The average Bonchev–Trinajstić information content (AvgIpc) is 2.67. The minimum absolute atomic E-state index is 0.608. The van der Waals surface area contributed by atoms with E-state index >= 15 is 0 Å². The zero-order chi connectivity index (χ0) is 9.97. The topological polar surface area (TPSA) is 41.0 Å². The van der Waals surface area contributed by atoms with Gasteiger partial charge in [0.2, 0.25) is 0 Å². The Morgan fingerprint density at radius 3 is 2.71 bits per heavy atom. The second-order valence-corrected chi connectivity index (χ2v) is 3.71. The van der Waals surface area contributed by atoms with Crippen molar-refractivity contribution in [3.8, 4) is 0 Å². The van der Waals surface area contributed by atoms with Crippen molar-refractivity contribution in [2.24, 2.45) is 0 Å². The second-order valence-electron chi connectivity index (χ2n) is 3.71. The van der Waals surface area contributed by atoms with Crippen LogP contribution in [0.5, 0.6) is 0 Å². The Kier molecular flexibility index (Phi) is 2.63. The van der Waals surface area contributed by atoms with Gasteiger partial charge in [-0.25, -0.2) is 9.97 Å². The lowest BCUT2D eigenvalue weighted by molar-refractivity contribution is 0.617. The molecule has 2 rings (SSSR count). The maximum atomic E-state index is 4.20. The zero-order valence-electron chi connectivity index (χ0n) is 8.70. The maximum Gasteiger partial charge on any atom is 0.125 e. The van der Waals surface area contributed by atoms with Gasteiger partial charge in [-0.3, -0.25) is 0 Å². The Morgan fingerprint density at radius 1 is 1.43 bits per heavy atom. The maximum absolute atomic E-state index is 4.20. The van der Waals surface area contributed by atoms with Crippen molar-refractivity contribution in [1.82, 2.24) is 15.3 Å². The summed E-state index contributed by atoms with van der Waals surface area (Å²) in [5.41, 5.74) is 1.13. The standard InChI is InChI=1S/C10H16N4/c1-8-12-5-10(6-13-8)14-4-3-9(7-14)11-2/h5-6,9,11H,3-4,7H2,1-2H3. The molecule has 0 spiro atoms. The number of rotatable bonds is 2. The van der Waals surface area contributed by atoms with Gasteiger partial charge in [-0.15, -0.1) is 0 Å². The highest BCUT2D eigenvalue weighted by molar-refractivity contribution is 5.43. The normalized spacial score (nSPS) is 21.6. The van der Waals surface area contributed by atoms with Crippen LogP contribution in [0, 0.1) is 6.92 Å². The van der Waals surface area contributed by atoms with Crippen molar-refractivity contribution in [3.63, 3.8) is 0 Å². The molecule has 1 saturated heterocycles. The van der Waals surface area contributed by atoms with E-state index < -0.39 is 0 Å². The number of anilines is 1. The predicted octanol–water partition coefficient (Wildman–Crippen LogP) is 0.583. The zero-order valence-corrected chi connectivity index (χ0v) is 8.70. The second kappa shape index (κ2) is 3.92. The molecule has 0 aromatic carbocycles. The van der Waals surface area contributed by atoms with Crippen molar-refractivity contribution in [2.75, 3.05) is 25.0 Å². The summed E-state index contributed by atoms with van der Waals surface area (Å²) in [7, 11) is 2.01. The summed E-state index contributed by atoms with van der Waals surface area (Å²) >= 11 is 0. The van der Waals surface area contributed by atoms with Crippen LogP contribution in [0.2, 0.25) is 0 Å². The van der Waals surface area contributed by atoms with Gasteiger partial charge in [-0.05, 0) is 20.4 Å². The molecule has 1 aromatic heterocycles. The molecule has 4 nitrogen and oxygen atoms in total. The highest BCUT2D eigenvalue weighted by atomic mass is 15.2. The van der Waals surface area contributed by atoms with Crippen LogP contribution in [0.3, 0.4) is 0 Å². The highest BCUT2D eigenvalue weighted by Gasteiger charge is 2.21. The quantitative estimate of drug-likeness (QED) is 0.744. The highest BCUT2D eigenvalue weighted by Crippen LogP contribution is 2.17. The predicted molar refractivity (Wildman–Crippen MR) is 56.4 cm³/mol. The molecule has 1 aliphatic heterocycles. The van der Waals surface area contributed by atoms with Gasteiger partial charge in [-0.2, -0.15) is 0 Å². The van der Waals surface area contributed by atoms with E-state index in [-0.39, 0.29) is 0 Å². The third kappa shape index (κ3) is 1.85. The number of hydrogen-bond acceptors (Lipinski definition) is 4. The molecule has 1 fully saturated rings. The molecule has 14 heavy (non-hydrogen) atoms. The van der Waals surface area contributed by atoms with Crippen molar-refractivity contribution < 1.29 is 0 Å². The Hall–Kier alpha value is -1.16. The Bertz CT molecular complexity index is 295. The van der Waals surface area contributed by atoms with Crippen LogP contribution in [0.25, 0.3) is 0 Å². The number of nitrogens with one attached hydrogen (secondary N) is 1. The number of nitrogens with zero attached hydrogens (tertiary/aromatic N) is 3. The smallest absolute Gasteiger partial charge is 0.125 e. The molecule has 0 aliphatic carbocycles. The first kappa shape index (κ1) is 9.40. The van der Waals surface area contributed by atoms with E-state index in [2.05, 4.69) is 20.2 Å². The first-order valence-corrected chi connectivity index (χ1v) is 5.00. The number of aryl methyl sites for hydroxylation is 1. The lowest BCUT2D eigenvalue weighted by atomic mass is 10.3. The molecule has 1 aromatic rings. The van der Waals surface area contributed by atoms with Gasteiger partial charge in [-0.1, -0.05) is 0 Å². The minimum Gasteiger partial charge on any atom is -0.367 e. The molecule has 0 amide bonds. The van der Waals surface area contributed by atoms with Crippen molar-refractivity contribution >= 4 is 5.69 Å². The van der Waals surface area contributed by atoms with Gasteiger partial charge in [0, 0.05) is 19.1 Å². The van der Waals surface area contributed by atoms with E-state index in [0.717, 1.165) is 24.6 Å². The minimum atomic E-state index is 0.608. The summed E-state index contributed by atoms with van der Waals surface area (Å²) in [5, 5.41) is 3.29. The van der Waals surface area contributed by atoms with Crippen LogP contribution < -0.4 is 10.2 Å². The molecule has 0 bridgehead atoms. The third-order valence-corrected chi connectivity index (χ3v) is 2.73. The van der Waals surface area contributed by atoms with Crippen molar-refractivity contribution in [1.29, 1.82) is 0 Å². The first-order chi connectivity index (χ1) is 6.79.